The highest BCUT2D eigenvalue weighted by atomic mass is 19.1. The van der Waals surface area contributed by atoms with Crippen molar-refractivity contribution >= 4 is 11.6 Å². The van der Waals surface area contributed by atoms with E-state index in [4.69, 9.17) is 9.47 Å². The summed E-state index contributed by atoms with van der Waals surface area (Å²) in [5, 5.41) is 0. The molecule has 29 heavy (non-hydrogen) atoms. The lowest BCUT2D eigenvalue weighted by Gasteiger charge is -2.41. The Bertz CT molecular complexity index is 754. The van der Waals surface area contributed by atoms with E-state index >= 15 is 0 Å². The van der Waals surface area contributed by atoms with Gasteiger partial charge in [-0.2, -0.15) is 0 Å². The van der Waals surface area contributed by atoms with Gasteiger partial charge in [-0.3, -0.25) is 9.69 Å². The molecule has 6 heteroatoms. The summed E-state index contributed by atoms with van der Waals surface area (Å²) in [6.07, 6.45) is 7.90. The summed E-state index contributed by atoms with van der Waals surface area (Å²) < 4.78 is 25.4. The zero-order valence-electron chi connectivity index (χ0n) is 17.2. The SMILES string of the molecule is CC(CN1C(=O)COc2ccc(F)cc21)CN1C2CCC1CC(OCC1CC1)C2. The lowest BCUT2D eigenvalue weighted by molar-refractivity contribution is -0.121. The molecule has 1 aliphatic carbocycles. The molecule has 0 aromatic heterocycles. The molecular formula is C23H31FN2O3. The van der Waals surface area contributed by atoms with Gasteiger partial charge < -0.3 is 14.4 Å². The van der Waals surface area contributed by atoms with Crippen LogP contribution in [0.4, 0.5) is 10.1 Å². The number of rotatable bonds is 7. The van der Waals surface area contributed by atoms with Crippen LogP contribution in [0.25, 0.3) is 0 Å². The zero-order chi connectivity index (χ0) is 20.0. The minimum Gasteiger partial charge on any atom is -0.482 e. The maximum absolute atomic E-state index is 13.8. The van der Waals surface area contributed by atoms with E-state index in [0.717, 1.165) is 31.9 Å². The Hall–Kier alpha value is -1.66. The van der Waals surface area contributed by atoms with Crippen molar-refractivity contribution in [2.75, 3.05) is 31.2 Å². The van der Waals surface area contributed by atoms with Crippen molar-refractivity contribution in [3.8, 4) is 5.75 Å². The van der Waals surface area contributed by atoms with E-state index in [2.05, 4.69) is 11.8 Å². The van der Waals surface area contributed by atoms with Gasteiger partial charge in [0, 0.05) is 37.8 Å². The molecule has 3 atom stereocenters. The molecule has 5 nitrogen and oxygen atoms in total. The number of hydrogen-bond donors (Lipinski definition) is 0. The molecule has 1 aromatic carbocycles. The van der Waals surface area contributed by atoms with Crippen LogP contribution in [0.3, 0.4) is 0 Å². The van der Waals surface area contributed by atoms with Crippen molar-refractivity contribution in [2.45, 2.75) is 63.6 Å². The quantitative estimate of drug-likeness (QED) is 0.699. The highest BCUT2D eigenvalue weighted by molar-refractivity contribution is 5.97. The number of nitrogens with zero attached hydrogens (tertiary/aromatic N) is 2. The van der Waals surface area contributed by atoms with E-state index in [-0.39, 0.29) is 18.3 Å². The first-order valence-electron chi connectivity index (χ1n) is 11.2. The Morgan fingerprint density at radius 1 is 1.17 bits per heavy atom. The summed E-state index contributed by atoms with van der Waals surface area (Å²) in [7, 11) is 0. The van der Waals surface area contributed by atoms with Gasteiger partial charge in [-0.1, -0.05) is 6.92 Å². The van der Waals surface area contributed by atoms with E-state index in [1.54, 1.807) is 11.0 Å². The van der Waals surface area contributed by atoms with Crippen LogP contribution in [-0.4, -0.2) is 55.3 Å². The van der Waals surface area contributed by atoms with Gasteiger partial charge in [-0.15, -0.1) is 0 Å². The molecule has 0 spiro atoms. The third-order valence-electron chi connectivity index (χ3n) is 6.99. The van der Waals surface area contributed by atoms with Crippen molar-refractivity contribution in [3.05, 3.63) is 24.0 Å². The number of anilines is 1. The molecule has 2 bridgehead atoms. The normalized spacial score (nSPS) is 30.2. The Morgan fingerprint density at radius 2 is 1.93 bits per heavy atom. The molecular weight excluding hydrogens is 371 g/mol. The molecule has 3 aliphatic heterocycles. The van der Waals surface area contributed by atoms with Crippen LogP contribution in [0.15, 0.2) is 18.2 Å². The first kappa shape index (κ1) is 19.3. The van der Waals surface area contributed by atoms with Crippen LogP contribution >= 0.6 is 0 Å². The van der Waals surface area contributed by atoms with Gasteiger partial charge in [0.05, 0.1) is 11.8 Å². The van der Waals surface area contributed by atoms with Crippen LogP contribution in [0.1, 0.15) is 45.4 Å². The third-order valence-corrected chi connectivity index (χ3v) is 6.99. The summed E-state index contributed by atoms with van der Waals surface area (Å²) >= 11 is 0. The molecule has 4 aliphatic rings. The standard InChI is InChI=1S/C23H31FN2O3/c1-15(12-26-21-8-17(24)4-7-22(21)29-14-23(26)27)11-25-18-5-6-19(25)10-20(9-18)28-13-16-2-3-16/h4,7-8,15-16,18-20H,2-3,5-6,9-14H2,1H3. The first-order chi connectivity index (χ1) is 14.1. The molecule has 0 radical (unpaired) electrons. The summed E-state index contributed by atoms with van der Waals surface area (Å²) in [5.41, 5.74) is 0.559. The monoisotopic (exact) mass is 402 g/mol. The van der Waals surface area contributed by atoms with Crippen LogP contribution in [-0.2, 0) is 9.53 Å². The van der Waals surface area contributed by atoms with Crippen molar-refractivity contribution < 1.29 is 18.7 Å². The molecule has 0 N–H and O–H groups in total. The van der Waals surface area contributed by atoms with Crippen molar-refractivity contribution in [1.82, 2.24) is 4.90 Å². The molecule has 1 amide bonds. The number of piperidine rings is 1. The number of hydrogen-bond acceptors (Lipinski definition) is 4. The molecule has 3 heterocycles. The van der Waals surface area contributed by atoms with E-state index in [1.165, 1.54) is 37.8 Å². The molecule has 158 valence electrons. The molecule has 3 fully saturated rings. The van der Waals surface area contributed by atoms with Gasteiger partial charge in [-0.25, -0.2) is 4.39 Å². The fraction of sp³-hybridized carbons (Fsp3) is 0.696. The number of amides is 1. The van der Waals surface area contributed by atoms with Crippen LogP contribution in [0.5, 0.6) is 5.75 Å². The molecule has 1 saturated carbocycles. The summed E-state index contributed by atoms with van der Waals surface area (Å²) in [5.74, 6) is 1.28. The maximum Gasteiger partial charge on any atom is 0.265 e. The van der Waals surface area contributed by atoms with E-state index in [9.17, 15) is 9.18 Å². The summed E-state index contributed by atoms with van der Waals surface area (Å²) in [4.78, 5) is 16.8. The average Bonchev–Trinajstić information content (AvgIpc) is 3.49. The van der Waals surface area contributed by atoms with E-state index in [0.29, 0.717) is 42.1 Å². The van der Waals surface area contributed by atoms with E-state index < -0.39 is 0 Å². The fourth-order valence-corrected chi connectivity index (χ4v) is 5.32. The lowest BCUT2D eigenvalue weighted by atomic mass is 9.97. The zero-order valence-corrected chi connectivity index (χ0v) is 17.2. The highest BCUT2D eigenvalue weighted by Gasteiger charge is 2.42. The van der Waals surface area contributed by atoms with Crippen LogP contribution < -0.4 is 9.64 Å². The van der Waals surface area contributed by atoms with Crippen molar-refractivity contribution in [3.63, 3.8) is 0 Å². The largest absolute Gasteiger partial charge is 0.482 e. The Balaban J connectivity index is 1.20. The van der Waals surface area contributed by atoms with Crippen molar-refractivity contribution in [1.29, 1.82) is 0 Å². The summed E-state index contributed by atoms with van der Waals surface area (Å²) in [6, 6.07) is 5.60. The number of fused-ring (bicyclic) bond motifs is 3. The van der Waals surface area contributed by atoms with Gasteiger partial charge in [-0.05, 0) is 62.5 Å². The fourth-order valence-electron chi connectivity index (χ4n) is 5.32. The Kier molecular flexibility index (Phi) is 5.25. The van der Waals surface area contributed by atoms with Gasteiger partial charge in [0.15, 0.2) is 6.61 Å². The summed E-state index contributed by atoms with van der Waals surface area (Å²) in [6.45, 7) is 4.74. The van der Waals surface area contributed by atoms with Crippen LogP contribution in [0.2, 0.25) is 0 Å². The van der Waals surface area contributed by atoms with Gasteiger partial charge >= 0.3 is 0 Å². The molecule has 2 saturated heterocycles. The van der Waals surface area contributed by atoms with Crippen LogP contribution in [0, 0.1) is 17.7 Å². The second-order valence-electron chi connectivity index (χ2n) is 9.46. The maximum atomic E-state index is 13.8. The third kappa shape index (κ3) is 4.15. The second kappa shape index (κ2) is 7.88. The number of halogens is 1. The molecule has 5 rings (SSSR count). The smallest absolute Gasteiger partial charge is 0.265 e. The number of carbonyl (C=O) groups is 1. The number of ether oxygens (including phenoxy) is 2. The molecule has 1 aromatic rings. The van der Waals surface area contributed by atoms with Gasteiger partial charge in [0.25, 0.3) is 5.91 Å². The molecule has 3 unspecified atom stereocenters. The van der Waals surface area contributed by atoms with E-state index in [1.807, 2.05) is 0 Å². The minimum atomic E-state index is -0.342. The van der Waals surface area contributed by atoms with Gasteiger partial charge in [0.1, 0.15) is 11.6 Å². The van der Waals surface area contributed by atoms with Gasteiger partial charge in [0.2, 0.25) is 0 Å². The second-order valence-corrected chi connectivity index (χ2v) is 9.46. The average molecular weight is 403 g/mol. The number of carbonyl (C=O) groups excluding carboxylic acids is 1. The van der Waals surface area contributed by atoms with Crippen molar-refractivity contribution in [2.24, 2.45) is 11.8 Å². The topological polar surface area (TPSA) is 42.0 Å². The Morgan fingerprint density at radius 3 is 2.66 bits per heavy atom. The predicted molar refractivity (Wildman–Crippen MR) is 109 cm³/mol. The number of benzene rings is 1. The Labute approximate surface area is 172 Å². The lowest BCUT2D eigenvalue weighted by Crippen LogP contribution is -2.49. The first-order valence-corrected chi connectivity index (χ1v) is 11.2. The highest BCUT2D eigenvalue weighted by Crippen LogP contribution is 2.39. The minimum absolute atomic E-state index is 0.0281. The predicted octanol–water partition coefficient (Wildman–Crippen LogP) is 3.61.